The first-order valence-electron chi connectivity index (χ1n) is 29.2. The Morgan fingerprint density at radius 2 is 0.682 bits per heavy atom. The molecule has 0 saturated carbocycles. The molecule has 0 bridgehead atoms. The van der Waals surface area contributed by atoms with Gasteiger partial charge in [0.25, 0.3) is 0 Å². The summed E-state index contributed by atoms with van der Waals surface area (Å²) < 4.78 is 17.5. The number of carbonyl (C=O) groups excluding carboxylic acids is 2. The molecule has 1 atom stereocenters. The van der Waals surface area contributed by atoms with Crippen molar-refractivity contribution in [3.05, 3.63) is 48.6 Å². The van der Waals surface area contributed by atoms with Gasteiger partial charge in [-0.05, 0) is 57.8 Å². The van der Waals surface area contributed by atoms with E-state index in [1.54, 1.807) is 0 Å². The van der Waals surface area contributed by atoms with E-state index in [0.29, 0.717) is 19.4 Å². The average Bonchev–Trinajstić information content (AvgIpc) is 3.32. The van der Waals surface area contributed by atoms with E-state index in [0.717, 1.165) is 77.0 Å². The Kier molecular flexibility index (Phi) is 55.3. The minimum absolute atomic E-state index is 0.0807. The van der Waals surface area contributed by atoms with Crippen LogP contribution in [0, 0.1) is 0 Å². The Labute approximate surface area is 412 Å². The Balaban J connectivity index is 4.27. The van der Waals surface area contributed by atoms with Gasteiger partial charge in [-0.2, -0.15) is 0 Å². The van der Waals surface area contributed by atoms with Gasteiger partial charge in [0.1, 0.15) is 6.61 Å². The number of hydrogen-bond acceptors (Lipinski definition) is 5. The van der Waals surface area contributed by atoms with Crippen LogP contribution < -0.4 is 0 Å². The van der Waals surface area contributed by atoms with Gasteiger partial charge < -0.3 is 14.2 Å². The second kappa shape index (κ2) is 57.2. The van der Waals surface area contributed by atoms with Gasteiger partial charge in [0.05, 0.1) is 6.61 Å². The number of esters is 2. The molecule has 0 radical (unpaired) electrons. The molecule has 0 aliphatic carbocycles. The highest BCUT2D eigenvalue weighted by atomic mass is 16.6. The van der Waals surface area contributed by atoms with Crippen LogP contribution in [0.2, 0.25) is 0 Å². The quantitative estimate of drug-likeness (QED) is 0.0345. The zero-order valence-electron chi connectivity index (χ0n) is 44.5. The summed E-state index contributed by atoms with van der Waals surface area (Å²) in [6.45, 7) is 7.75. The van der Waals surface area contributed by atoms with Crippen LogP contribution in [0.15, 0.2) is 48.6 Å². The van der Waals surface area contributed by atoms with Crippen LogP contribution in [0.5, 0.6) is 0 Å². The van der Waals surface area contributed by atoms with Crippen LogP contribution in [0.25, 0.3) is 0 Å². The van der Waals surface area contributed by atoms with Gasteiger partial charge >= 0.3 is 11.9 Å². The van der Waals surface area contributed by atoms with E-state index < -0.39 is 6.10 Å². The lowest BCUT2D eigenvalue weighted by Crippen LogP contribution is -2.30. The van der Waals surface area contributed by atoms with Crippen molar-refractivity contribution in [2.24, 2.45) is 0 Å². The molecule has 0 aliphatic rings. The molecule has 0 amide bonds. The molecule has 5 heteroatoms. The number of hydrogen-bond donors (Lipinski definition) is 0. The lowest BCUT2D eigenvalue weighted by Gasteiger charge is -2.18. The molecule has 0 aromatic rings. The zero-order chi connectivity index (χ0) is 47.7. The van der Waals surface area contributed by atoms with Crippen LogP contribution >= 0.6 is 0 Å². The predicted octanol–water partition coefficient (Wildman–Crippen LogP) is 19.9. The number of ether oxygens (including phenoxy) is 3. The van der Waals surface area contributed by atoms with E-state index in [1.165, 1.54) is 193 Å². The first-order valence-corrected chi connectivity index (χ1v) is 29.2. The highest BCUT2D eigenvalue weighted by molar-refractivity contribution is 5.70. The molecule has 386 valence electrons. The van der Waals surface area contributed by atoms with E-state index in [9.17, 15) is 9.59 Å². The number of allylic oxidation sites excluding steroid dienone is 8. The monoisotopic (exact) mass is 925 g/mol. The van der Waals surface area contributed by atoms with Gasteiger partial charge in [0.2, 0.25) is 0 Å². The first-order chi connectivity index (χ1) is 32.6. The highest BCUT2D eigenvalue weighted by Gasteiger charge is 2.17. The van der Waals surface area contributed by atoms with Crippen molar-refractivity contribution in [3.8, 4) is 0 Å². The van der Waals surface area contributed by atoms with Crippen molar-refractivity contribution in [2.45, 2.75) is 309 Å². The standard InChI is InChI=1S/C61H112O5/c1-4-7-10-13-16-19-22-25-28-31-33-36-39-42-45-48-51-54-60(62)65-58-59(57-64-56-53-50-47-44-41-38-35-30-27-24-21-18-15-12-9-6-3)66-61(63)55-52-49-46-43-40-37-34-32-29-26-23-20-17-14-11-8-5-2/h8,11,17,20,26,29,34,37,59H,4-7,9-10,12-16,18-19,21-25,27-28,30-33,35-36,38-58H2,1-3H3/b11-8-,20-17-,29-26-,37-34-/t59-/m1/s1. The topological polar surface area (TPSA) is 61.8 Å². The van der Waals surface area contributed by atoms with Crippen LogP contribution in [-0.4, -0.2) is 37.9 Å². The van der Waals surface area contributed by atoms with E-state index >= 15 is 0 Å². The van der Waals surface area contributed by atoms with E-state index in [-0.39, 0.29) is 25.2 Å². The summed E-state index contributed by atoms with van der Waals surface area (Å²) in [6.07, 6.45) is 71.3. The van der Waals surface area contributed by atoms with Crippen molar-refractivity contribution in [3.63, 3.8) is 0 Å². The Morgan fingerprint density at radius 1 is 0.348 bits per heavy atom. The van der Waals surface area contributed by atoms with Gasteiger partial charge in [0, 0.05) is 19.4 Å². The molecule has 0 saturated heterocycles. The second-order valence-corrected chi connectivity index (χ2v) is 19.5. The molecule has 0 spiro atoms. The molecule has 0 aromatic carbocycles. The number of carbonyl (C=O) groups is 2. The summed E-state index contributed by atoms with van der Waals surface area (Å²) in [5.41, 5.74) is 0. The minimum Gasteiger partial charge on any atom is -0.462 e. The molecule has 0 aromatic heterocycles. The van der Waals surface area contributed by atoms with E-state index in [1.807, 2.05) is 0 Å². The van der Waals surface area contributed by atoms with Crippen LogP contribution in [0.3, 0.4) is 0 Å². The highest BCUT2D eigenvalue weighted by Crippen LogP contribution is 2.17. The number of unbranched alkanes of at least 4 members (excludes halogenated alkanes) is 35. The summed E-state index contributed by atoms with van der Waals surface area (Å²) in [5, 5.41) is 0. The maximum atomic E-state index is 12.9. The SMILES string of the molecule is CC/C=C\C/C=C\C/C=C\C/C=C\CCCCCCC(=O)O[C@H](COCCCCCCCCCCCCCCCCCC)COC(=O)CCCCCCCCCCCCCCCCCCC. The third kappa shape index (κ3) is 54.5. The predicted molar refractivity (Wildman–Crippen MR) is 288 cm³/mol. The lowest BCUT2D eigenvalue weighted by molar-refractivity contribution is -0.163. The number of rotatable bonds is 54. The molecule has 0 N–H and O–H groups in total. The van der Waals surface area contributed by atoms with Crippen LogP contribution in [0.4, 0.5) is 0 Å². The third-order valence-corrected chi connectivity index (χ3v) is 12.9. The fraction of sp³-hybridized carbons (Fsp3) is 0.836. The third-order valence-electron chi connectivity index (χ3n) is 12.9. The van der Waals surface area contributed by atoms with E-state index in [4.69, 9.17) is 14.2 Å². The van der Waals surface area contributed by atoms with Gasteiger partial charge in [-0.1, -0.05) is 281 Å². The Hall–Kier alpha value is -2.14. The van der Waals surface area contributed by atoms with Crippen molar-refractivity contribution >= 4 is 11.9 Å². The summed E-state index contributed by atoms with van der Waals surface area (Å²) in [6, 6.07) is 0. The fourth-order valence-corrected chi connectivity index (χ4v) is 8.56. The molecular weight excluding hydrogens is 813 g/mol. The van der Waals surface area contributed by atoms with Crippen LogP contribution in [0.1, 0.15) is 303 Å². The molecule has 0 rings (SSSR count). The van der Waals surface area contributed by atoms with Crippen molar-refractivity contribution in [1.82, 2.24) is 0 Å². The summed E-state index contributed by atoms with van der Waals surface area (Å²) >= 11 is 0. The zero-order valence-corrected chi connectivity index (χ0v) is 44.5. The van der Waals surface area contributed by atoms with Crippen molar-refractivity contribution in [1.29, 1.82) is 0 Å². The molecule has 66 heavy (non-hydrogen) atoms. The summed E-state index contributed by atoms with van der Waals surface area (Å²) in [7, 11) is 0. The van der Waals surface area contributed by atoms with Crippen molar-refractivity contribution in [2.75, 3.05) is 19.8 Å². The first kappa shape index (κ1) is 63.9. The Morgan fingerprint density at radius 3 is 1.09 bits per heavy atom. The van der Waals surface area contributed by atoms with Gasteiger partial charge in [-0.15, -0.1) is 0 Å². The molecule has 0 fully saturated rings. The normalized spacial score (nSPS) is 12.5. The van der Waals surface area contributed by atoms with E-state index in [2.05, 4.69) is 69.4 Å². The molecule has 0 aliphatic heterocycles. The fourth-order valence-electron chi connectivity index (χ4n) is 8.56. The Bertz CT molecular complexity index is 1090. The van der Waals surface area contributed by atoms with Gasteiger partial charge in [-0.3, -0.25) is 9.59 Å². The van der Waals surface area contributed by atoms with Gasteiger partial charge in [-0.25, -0.2) is 0 Å². The van der Waals surface area contributed by atoms with Crippen LogP contribution in [-0.2, 0) is 23.8 Å². The summed E-state index contributed by atoms with van der Waals surface area (Å²) in [4.78, 5) is 25.5. The molecular formula is C61H112O5. The lowest BCUT2D eigenvalue weighted by atomic mass is 10.0. The molecule has 0 unspecified atom stereocenters. The molecule has 5 nitrogen and oxygen atoms in total. The smallest absolute Gasteiger partial charge is 0.306 e. The second-order valence-electron chi connectivity index (χ2n) is 19.5. The average molecular weight is 926 g/mol. The largest absolute Gasteiger partial charge is 0.462 e. The van der Waals surface area contributed by atoms with Crippen molar-refractivity contribution < 1.29 is 23.8 Å². The molecule has 0 heterocycles. The maximum Gasteiger partial charge on any atom is 0.306 e. The summed E-state index contributed by atoms with van der Waals surface area (Å²) in [5.74, 6) is -0.405. The maximum absolute atomic E-state index is 12.9. The minimum atomic E-state index is -0.545. The van der Waals surface area contributed by atoms with Gasteiger partial charge in [0.15, 0.2) is 6.10 Å².